The number of rotatable bonds is 7. The predicted molar refractivity (Wildman–Crippen MR) is 67.6 cm³/mol. The molecule has 0 aliphatic carbocycles. The third-order valence-corrected chi connectivity index (χ3v) is 2.65. The summed E-state index contributed by atoms with van der Waals surface area (Å²) >= 11 is 0. The molecule has 0 bridgehead atoms. The van der Waals surface area contributed by atoms with Gasteiger partial charge in [-0.25, -0.2) is 0 Å². The number of aliphatic hydroxyl groups is 1. The van der Waals surface area contributed by atoms with Crippen LogP contribution in [0.5, 0.6) is 5.75 Å². The molecule has 1 unspecified atom stereocenters. The van der Waals surface area contributed by atoms with E-state index in [4.69, 9.17) is 14.9 Å². The largest absolute Gasteiger partial charge is 0.491 e. The summed E-state index contributed by atoms with van der Waals surface area (Å²) < 4.78 is 5.47. The van der Waals surface area contributed by atoms with E-state index in [-0.39, 0.29) is 13.2 Å². The van der Waals surface area contributed by atoms with Crippen molar-refractivity contribution in [3.05, 3.63) is 29.8 Å². The number of hydrogen-bond acceptors (Lipinski definition) is 4. The lowest BCUT2D eigenvalue weighted by molar-refractivity contribution is -0.145. The standard InChI is InChI=1S/C13H19NO4/c1-3-14-13(2,12(16)17)9-18-11-6-4-5-10(7-11)8-15/h4-7,14-15H,3,8-9H2,1-2H3,(H,16,17). The van der Waals surface area contributed by atoms with Crippen LogP contribution in [0.25, 0.3) is 0 Å². The fourth-order valence-corrected chi connectivity index (χ4v) is 1.54. The van der Waals surface area contributed by atoms with Gasteiger partial charge in [0, 0.05) is 0 Å². The van der Waals surface area contributed by atoms with Crippen molar-refractivity contribution in [2.45, 2.75) is 26.0 Å². The van der Waals surface area contributed by atoms with Crippen molar-refractivity contribution >= 4 is 5.97 Å². The molecule has 0 aliphatic rings. The minimum atomic E-state index is -1.12. The molecule has 1 aromatic carbocycles. The zero-order valence-corrected chi connectivity index (χ0v) is 10.6. The molecule has 0 amide bonds. The molecule has 5 heteroatoms. The molecule has 0 heterocycles. The van der Waals surface area contributed by atoms with E-state index in [0.29, 0.717) is 12.3 Å². The lowest BCUT2D eigenvalue weighted by Crippen LogP contribution is -2.53. The van der Waals surface area contributed by atoms with Gasteiger partial charge in [-0.1, -0.05) is 19.1 Å². The number of likely N-dealkylation sites (N-methyl/N-ethyl adjacent to an activating group) is 1. The molecule has 1 aromatic rings. The summed E-state index contributed by atoms with van der Waals surface area (Å²) in [6.07, 6.45) is 0. The normalized spacial score (nSPS) is 13.9. The molecule has 1 rings (SSSR count). The first-order valence-electron chi connectivity index (χ1n) is 5.83. The van der Waals surface area contributed by atoms with Gasteiger partial charge in [0.1, 0.15) is 17.9 Å². The highest BCUT2D eigenvalue weighted by atomic mass is 16.5. The summed E-state index contributed by atoms with van der Waals surface area (Å²) in [5.41, 5.74) is -0.391. The van der Waals surface area contributed by atoms with Crippen molar-refractivity contribution < 1.29 is 19.7 Å². The van der Waals surface area contributed by atoms with Crippen LogP contribution in [0.4, 0.5) is 0 Å². The maximum absolute atomic E-state index is 11.2. The molecule has 18 heavy (non-hydrogen) atoms. The topological polar surface area (TPSA) is 78.8 Å². The van der Waals surface area contributed by atoms with E-state index >= 15 is 0 Å². The third-order valence-electron chi connectivity index (χ3n) is 2.65. The van der Waals surface area contributed by atoms with E-state index in [1.807, 2.05) is 6.92 Å². The maximum Gasteiger partial charge on any atom is 0.327 e. The summed E-state index contributed by atoms with van der Waals surface area (Å²) in [7, 11) is 0. The lowest BCUT2D eigenvalue weighted by atomic mass is 10.0. The first-order chi connectivity index (χ1) is 8.51. The van der Waals surface area contributed by atoms with Gasteiger partial charge >= 0.3 is 5.97 Å². The Hall–Kier alpha value is -1.59. The van der Waals surface area contributed by atoms with Gasteiger partial charge in [0.2, 0.25) is 0 Å². The molecule has 0 saturated heterocycles. The lowest BCUT2D eigenvalue weighted by Gasteiger charge is -2.25. The Labute approximate surface area is 106 Å². The van der Waals surface area contributed by atoms with E-state index in [2.05, 4.69) is 5.32 Å². The van der Waals surface area contributed by atoms with Crippen molar-refractivity contribution in [2.75, 3.05) is 13.2 Å². The summed E-state index contributed by atoms with van der Waals surface area (Å²) in [4.78, 5) is 11.2. The van der Waals surface area contributed by atoms with E-state index in [1.165, 1.54) is 0 Å². The number of carbonyl (C=O) groups is 1. The molecule has 1 atom stereocenters. The number of aliphatic carboxylic acids is 1. The Bertz CT molecular complexity index is 408. The molecule has 0 fully saturated rings. The summed E-state index contributed by atoms with van der Waals surface area (Å²) in [6.45, 7) is 3.91. The Morgan fingerprint density at radius 1 is 1.50 bits per heavy atom. The van der Waals surface area contributed by atoms with Gasteiger partial charge < -0.3 is 14.9 Å². The monoisotopic (exact) mass is 253 g/mol. The molecular formula is C13H19NO4. The maximum atomic E-state index is 11.2. The Kier molecular flexibility index (Phi) is 5.12. The van der Waals surface area contributed by atoms with Crippen LogP contribution in [0.2, 0.25) is 0 Å². The van der Waals surface area contributed by atoms with Crippen LogP contribution in [0.15, 0.2) is 24.3 Å². The van der Waals surface area contributed by atoms with Crippen LogP contribution in [0.1, 0.15) is 19.4 Å². The fraction of sp³-hybridized carbons (Fsp3) is 0.462. The third kappa shape index (κ3) is 3.72. The number of benzene rings is 1. The van der Waals surface area contributed by atoms with Crippen molar-refractivity contribution in [2.24, 2.45) is 0 Å². The van der Waals surface area contributed by atoms with Crippen molar-refractivity contribution in [3.63, 3.8) is 0 Å². The highest BCUT2D eigenvalue weighted by Gasteiger charge is 2.33. The average Bonchev–Trinajstić information content (AvgIpc) is 2.37. The number of aliphatic hydroxyl groups excluding tert-OH is 1. The molecular weight excluding hydrogens is 234 g/mol. The molecule has 100 valence electrons. The Morgan fingerprint density at radius 2 is 2.22 bits per heavy atom. The van der Waals surface area contributed by atoms with Gasteiger partial charge in [-0.3, -0.25) is 10.1 Å². The van der Waals surface area contributed by atoms with Crippen LogP contribution < -0.4 is 10.1 Å². The molecule has 0 spiro atoms. The zero-order valence-electron chi connectivity index (χ0n) is 10.6. The van der Waals surface area contributed by atoms with Gasteiger partial charge in [-0.2, -0.15) is 0 Å². The van der Waals surface area contributed by atoms with E-state index < -0.39 is 11.5 Å². The van der Waals surface area contributed by atoms with E-state index in [1.54, 1.807) is 31.2 Å². The fourth-order valence-electron chi connectivity index (χ4n) is 1.54. The highest BCUT2D eigenvalue weighted by Crippen LogP contribution is 2.15. The van der Waals surface area contributed by atoms with E-state index in [0.717, 1.165) is 5.56 Å². The number of hydrogen-bond donors (Lipinski definition) is 3. The van der Waals surface area contributed by atoms with Gasteiger partial charge in [-0.05, 0) is 31.2 Å². The quantitative estimate of drug-likeness (QED) is 0.676. The Morgan fingerprint density at radius 3 is 2.78 bits per heavy atom. The minimum Gasteiger partial charge on any atom is -0.491 e. The smallest absolute Gasteiger partial charge is 0.327 e. The zero-order chi connectivity index (χ0) is 13.6. The summed E-state index contributed by atoms with van der Waals surface area (Å²) in [5, 5.41) is 21.0. The molecule has 0 aromatic heterocycles. The van der Waals surface area contributed by atoms with Crippen LogP contribution in [-0.4, -0.2) is 34.9 Å². The predicted octanol–water partition coefficient (Wildman–Crippen LogP) is 1.01. The van der Waals surface area contributed by atoms with Gasteiger partial charge in [-0.15, -0.1) is 0 Å². The van der Waals surface area contributed by atoms with Crippen LogP contribution >= 0.6 is 0 Å². The first-order valence-corrected chi connectivity index (χ1v) is 5.83. The van der Waals surface area contributed by atoms with Gasteiger partial charge in [0.05, 0.1) is 6.61 Å². The molecule has 3 N–H and O–H groups in total. The number of nitrogens with one attached hydrogen (secondary N) is 1. The van der Waals surface area contributed by atoms with E-state index in [9.17, 15) is 4.79 Å². The van der Waals surface area contributed by atoms with Gasteiger partial charge in [0.15, 0.2) is 0 Å². The number of carboxylic acids is 1. The second-order valence-corrected chi connectivity index (χ2v) is 4.26. The van der Waals surface area contributed by atoms with Crippen LogP contribution in [-0.2, 0) is 11.4 Å². The number of carboxylic acid groups (broad SMARTS) is 1. The second-order valence-electron chi connectivity index (χ2n) is 4.26. The minimum absolute atomic E-state index is 0.0189. The molecule has 5 nitrogen and oxygen atoms in total. The molecule has 0 radical (unpaired) electrons. The van der Waals surface area contributed by atoms with Crippen molar-refractivity contribution in [1.29, 1.82) is 0 Å². The van der Waals surface area contributed by atoms with Crippen molar-refractivity contribution in [1.82, 2.24) is 5.32 Å². The van der Waals surface area contributed by atoms with Gasteiger partial charge in [0.25, 0.3) is 0 Å². The SMILES string of the molecule is CCNC(C)(COc1cccc(CO)c1)C(=O)O. The van der Waals surface area contributed by atoms with Crippen LogP contribution in [0, 0.1) is 0 Å². The summed E-state index contributed by atoms with van der Waals surface area (Å²) in [6, 6.07) is 6.95. The molecule has 0 saturated carbocycles. The molecule has 0 aliphatic heterocycles. The second kappa shape index (κ2) is 6.37. The average molecular weight is 253 g/mol. The van der Waals surface area contributed by atoms with Crippen molar-refractivity contribution in [3.8, 4) is 5.75 Å². The highest BCUT2D eigenvalue weighted by molar-refractivity contribution is 5.78. The Balaban J connectivity index is 2.69. The first kappa shape index (κ1) is 14.5. The summed E-state index contributed by atoms with van der Waals surface area (Å²) in [5.74, 6) is -0.408. The van der Waals surface area contributed by atoms with Crippen LogP contribution in [0.3, 0.4) is 0 Å². The number of ether oxygens (including phenoxy) is 1.